The van der Waals surface area contributed by atoms with Gasteiger partial charge in [0.15, 0.2) is 0 Å². The van der Waals surface area contributed by atoms with Crippen LogP contribution >= 0.6 is 0 Å². The zero-order valence-corrected chi connectivity index (χ0v) is 17.8. The molecule has 0 aliphatic heterocycles. The van der Waals surface area contributed by atoms with E-state index in [0.717, 1.165) is 35.9 Å². The molecule has 28 heavy (non-hydrogen) atoms. The lowest BCUT2D eigenvalue weighted by Gasteiger charge is -2.13. The first kappa shape index (κ1) is 21.5. The molecule has 0 aliphatic rings. The summed E-state index contributed by atoms with van der Waals surface area (Å²) >= 11 is 0. The highest BCUT2D eigenvalue weighted by Crippen LogP contribution is 2.23. The SMILES string of the molecule is C/C=C/COc1cc(C)c(CCCOc2cc(/C(C)=N/OC)nn2C)c(C)c1. The van der Waals surface area contributed by atoms with Gasteiger partial charge in [0.05, 0.1) is 6.61 Å². The Hall–Kier alpha value is -2.76. The van der Waals surface area contributed by atoms with Gasteiger partial charge < -0.3 is 14.3 Å². The minimum Gasteiger partial charge on any atom is -0.490 e. The lowest BCUT2D eigenvalue weighted by Crippen LogP contribution is -2.05. The highest BCUT2D eigenvalue weighted by molar-refractivity contribution is 5.96. The molecule has 6 heteroatoms. The summed E-state index contributed by atoms with van der Waals surface area (Å²) < 4.78 is 13.4. The fraction of sp³-hybridized carbons (Fsp3) is 0.455. The van der Waals surface area contributed by atoms with Gasteiger partial charge in [0.2, 0.25) is 5.88 Å². The molecule has 2 aromatic rings. The van der Waals surface area contributed by atoms with Crippen LogP contribution in [-0.2, 0) is 18.3 Å². The molecule has 6 nitrogen and oxygen atoms in total. The molecule has 0 aliphatic carbocycles. The molecule has 1 aromatic heterocycles. The van der Waals surface area contributed by atoms with Gasteiger partial charge in [-0.05, 0) is 69.4 Å². The minimum absolute atomic E-state index is 0.601. The average molecular weight is 386 g/mol. The molecule has 0 saturated carbocycles. The first-order chi connectivity index (χ1) is 13.5. The number of aryl methyl sites for hydroxylation is 3. The molecule has 0 bridgehead atoms. The van der Waals surface area contributed by atoms with Crippen LogP contribution in [0.25, 0.3) is 0 Å². The van der Waals surface area contributed by atoms with E-state index in [-0.39, 0.29) is 0 Å². The summed E-state index contributed by atoms with van der Waals surface area (Å²) in [5, 5.41) is 8.30. The van der Waals surface area contributed by atoms with Crippen molar-refractivity contribution in [2.45, 2.75) is 40.5 Å². The van der Waals surface area contributed by atoms with Crippen LogP contribution in [0.5, 0.6) is 11.6 Å². The van der Waals surface area contributed by atoms with E-state index in [1.807, 2.05) is 39.1 Å². The Morgan fingerprint density at radius 2 is 1.89 bits per heavy atom. The molecule has 152 valence electrons. The van der Waals surface area contributed by atoms with Gasteiger partial charge in [0, 0.05) is 13.1 Å². The minimum atomic E-state index is 0.601. The van der Waals surface area contributed by atoms with Crippen molar-refractivity contribution >= 4 is 5.71 Å². The standard InChI is InChI=1S/C22H31N3O3/c1-7-8-11-27-19-13-16(2)20(17(3)14-19)10-9-12-28-22-15-21(23-25(22)5)18(4)24-26-6/h7-8,13-15H,9-12H2,1-6H3/b8-7+,24-18+. The lowest BCUT2D eigenvalue weighted by atomic mass is 9.98. The number of benzene rings is 1. The van der Waals surface area contributed by atoms with Gasteiger partial charge in [-0.25, -0.2) is 4.68 Å². The maximum absolute atomic E-state index is 5.91. The van der Waals surface area contributed by atoms with E-state index in [1.54, 1.807) is 4.68 Å². The lowest BCUT2D eigenvalue weighted by molar-refractivity contribution is 0.213. The smallest absolute Gasteiger partial charge is 0.212 e. The number of hydrogen-bond donors (Lipinski definition) is 0. The number of ether oxygens (including phenoxy) is 2. The number of rotatable bonds is 10. The maximum atomic E-state index is 5.91. The van der Waals surface area contributed by atoms with E-state index in [9.17, 15) is 0 Å². The molecule has 0 unspecified atom stereocenters. The molecule has 0 spiro atoms. The number of oxime groups is 1. The molecular weight excluding hydrogens is 354 g/mol. The van der Waals surface area contributed by atoms with Gasteiger partial charge in [0.1, 0.15) is 30.9 Å². The first-order valence-electron chi connectivity index (χ1n) is 9.55. The van der Waals surface area contributed by atoms with Crippen LogP contribution < -0.4 is 9.47 Å². The van der Waals surface area contributed by atoms with Crippen molar-refractivity contribution in [3.05, 3.63) is 52.7 Å². The van der Waals surface area contributed by atoms with Crippen molar-refractivity contribution in [3.63, 3.8) is 0 Å². The Balaban J connectivity index is 1.91. The molecule has 1 heterocycles. The number of nitrogens with zero attached hydrogens (tertiary/aromatic N) is 3. The summed E-state index contributed by atoms with van der Waals surface area (Å²) in [5.41, 5.74) is 5.33. The summed E-state index contributed by atoms with van der Waals surface area (Å²) in [6, 6.07) is 6.10. The van der Waals surface area contributed by atoms with Gasteiger partial charge in [-0.15, -0.1) is 0 Å². The topological polar surface area (TPSA) is 57.9 Å². The monoisotopic (exact) mass is 385 g/mol. The third-order valence-corrected chi connectivity index (χ3v) is 4.51. The van der Waals surface area contributed by atoms with Crippen LogP contribution in [0, 0.1) is 13.8 Å². The Labute approximate surface area is 167 Å². The van der Waals surface area contributed by atoms with E-state index in [2.05, 4.69) is 36.2 Å². The van der Waals surface area contributed by atoms with E-state index < -0.39 is 0 Å². The number of aromatic nitrogens is 2. The van der Waals surface area contributed by atoms with Gasteiger partial charge in [-0.2, -0.15) is 5.10 Å². The molecule has 0 radical (unpaired) electrons. The van der Waals surface area contributed by atoms with Crippen LogP contribution in [0.4, 0.5) is 0 Å². The molecule has 0 fully saturated rings. The van der Waals surface area contributed by atoms with Crippen molar-refractivity contribution in [2.75, 3.05) is 20.3 Å². The quantitative estimate of drug-likeness (QED) is 0.264. The molecule has 0 saturated heterocycles. The van der Waals surface area contributed by atoms with Gasteiger partial charge in [-0.1, -0.05) is 17.3 Å². The highest BCUT2D eigenvalue weighted by atomic mass is 16.6. The second-order valence-electron chi connectivity index (χ2n) is 6.72. The zero-order chi connectivity index (χ0) is 20.5. The second-order valence-corrected chi connectivity index (χ2v) is 6.72. The van der Waals surface area contributed by atoms with E-state index in [4.69, 9.17) is 14.3 Å². The molecule has 0 N–H and O–H groups in total. The highest BCUT2D eigenvalue weighted by Gasteiger charge is 2.10. The Morgan fingerprint density at radius 1 is 1.18 bits per heavy atom. The van der Waals surface area contributed by atoms with Crippen LogP contribution in [0.15, 0.2) is 35.5 Å². The summed E-state index contributed by atoms with van der Waals surface area (Å²) in [6.07, 6.45) is 5.88. The summed E-state index contributed by atoms with van der Waals surface area (Å²) in [5.74, 6) is 1.64. The summed E-state index contributed by atoms with van der Waals surface area (Å²) in [6.45, 7) is 9.34. The third-order valence-electron chi connectivity index (χ3n) is 4.51. The predicted molar refractivity (Wildman–Crippen MR) is 112 cm³/mol. The number of hydrogen-bond acceptors (Lipinski definition) is 5. The fourth-order valence-electron chi connectivity index (χ4n) is 3.04. The Morgan fingerprint density at radius 3 is 2.54 bits per heavy atom. The van der Waals surface area contributed by atoms with E-state index in [1.165, 1.54) is 23.8 Å². The van der Waals surface area contributed by atoms with Crippen LogP contribution in [0.3, 0.4) is 0 Å². The molecule has 0 atom stereocenters. The van der Waals surface area contributed by atoms with Crippen LogP contribution in [-0.4, -0.2) is 35.8 Å². The van der Waals surface area contributed by atoms with E-state index >= 15 is 0 Å². The van der Waals surface area contributed by atoms with Crippen LogP contribution in [0.1, 0.15) is 42.7 Å². The molecular formula is C22H31N3O3. The van der Waals surface area contributed by atoms with Crippen molar-refractivity contribution < 1.29 is 14.3 Å². The molecule has 0 amide bonds. The number of allylic oxidation sites excluding steroid dienone is 1. The van der Waals surface area contributed by atoms with Gasteiger partial charge in [0.25, 0.3) is 0 Å². The van der Waals surface area contributed by atoms with E-state index in [0.29, 0.717) is 13.2 Å². The van der Waals surface area contributed by atoms with Gasteiger partial charge in [-0.3, -0.25) is 0 Å². The normalized spacial score (nSPS) is 11.9. The second kappa shape index (κ2) is 10.5. The van der Waals surface area contributed by atoms with Crippen molar-refractivity contribution in [3.8, 4) is 11.6 Å². The van der Waals surface area contributed by atoms with Gasteiger partial charge >= 0.3 is 0 Å². The third kappa shape index (κ3) is 5.87. The first-order valence-corrected chi connectivity index (χ1v) is 9.55. The summed E-state index contributed by atoms with van der Waals surface area (Å²) in [7, 11) is 3.38. The van der Waals surface area contributed by atoms with Crippen LogP contribution in [0.2, 0.25) is 0 Å². The van der Waals surface area contributed by atoms with Crippen molar-refractivity contribution in [1.29, 1.82) is 0 Å². The average Bonchev–Trinajstić information content (AvgIpc) is 3.02. The Kier molecular flexibility index (Phi) is 8.11. The molecule has 2 rings (SSSR count). The zero-order valence-electron chi connectivity index (χ0n) is 17.8. The fourth-order valence-corrected chi connectivity index (χ4v) is 3.04. The summed E-state index contributed by atoms with van der Waals surface area (Å²) in [4.78, 5) is 4.80. The predicted octanol–water partition coefficient (Wildman–Crippen LogP) is 4.37. The largest absolute Gasteiger partial charge is 0.490 e. The maximum Gasteiger partial charge on any atom is 0.212 e. The molecule has 1 aromatic carbocycles. The van der Waals surface area contributed by atoms with Crippen molar-refractivity contribution in [1.82, 2.24) is 9.78 Å². The Bertz CT molecular complexity index is 815. The van der Waals surface area contributed by atoms with Crippen molar-refractivity contribution in [2.24, 2.45) is 12.2 Å².